The number of rotatable bonds is 6. The summed E-state index contributed by atoms with van der Waals surface area (Å²) in [6.07, 6.45) is 0. The first-order chi connectivity index (χ1) is 14.4. The van der Waals surface area contributed by atoms with E-state index < -0.39 is 11.7 Å². The van der Waals surface area contributed by atoms with E-state index in [4.69, 9.17) is 18.9 Å². The smallest absolute Gasteiger partial charge is 0.303 e. The number of carbonyl (C=O) groups excluding carboxylic acids is 2. The number of carbonyl (C=O) groups is 2. The van der Waals surface area contributed by atoms with Gasteiger partial charge >= 0.3 is 5.91 Å². The van der Waals surface area contributed by atoms with Crippen LogP contribution in [-0.4, -0.2) is 52.8 Å². The highest BCUT2D eigenvalue weighted by Crippen LogP contribution is 2.40. The maximum absolute atomic E-state index is 12.7. The molecule has 0 fully saturated rings. The predicted molar refractivity (Wildman–Crippen MR) is 109 cm³/mol. The molecule has 30 heavy (non-hydrogen) atoms. The molecule has 2 aromatic rings. The van der Waals surface area contributed by atoms with Crippen molar-refractivity contribution in [3.05, 3.63) is 41.0 Å². The maximum atomic E-state index is 12.7. The third-order valence-electron chi connectivity index (χ3n) is 5.40. The Kier molecular flexibility index (Phi) is 5.26. The molecule has 0 bridgehead atoms. The Balaban J connectivity index is 1.57. The number of aryl methyl sites for hydroxylation is 1. The average Bonchev–Trinajstić information content (AvgIpc) is 2.97. The zero-order chi connectivity index (χ0) is 21.4. The minimum absolute atomic E-state index is 0.338. The maximum Gasteiger partial charge on any atom is 0.303 e. The Morgan fingerprint density at radius 2 is 1.63 bits per heavy atom. The largest absolute Gasteiger partial charge is 0.493 e. The fraction of sp³-hybridized carbons (Fsp3) is 0.364. The first kappa shape index (κ1) is 20.0. The molecule has 158 valence electrons. The van der Waals surface area contributed by atoms with Gasteiger partial charge < -0.3 is 23.8 Å². The molecule has 1 amide bonds. The number of hydrogen-bond acceptors (Lipinski definition) is 6. The number of Topliss-reactive ketones (excluding diaryl/α,β-unsaturated/α-hetero) is 1. The molecule has 2 aliphatic rings. The van der Waals surface area contributed by atoms with Crippen LogP contribution in [0.5, 0.6) is 23.0 Å². The second-order valence-corrected chi connectivity index (χ2v) is 7.50. The van der Waals surface area contributed by atoms with Gasteiger partial charge in [0.25, 0.3) is 5.78 Å². The Bertz CT molecular complexity index is 1020. The zero-order valence-electron chi connectivity index (χ0n) is 17.5. The Hall–Kier alpha value is -3.26. The number of benzene rings is 2. The summed E-state index contributed by atoms with van der Waals surface area (Å²) in [4.78, 5) is 27.7. The van der Waals surface area contributed by atoms with Crippen LogP contribution in [0.25, 0.3) is 0 Å². The number of ketones is 1. The lowest BCUT2D eigenvalue weighted by molar-refractivity contribution is -0.892. The molecule has 0 radical (unpaired) electrons. The van der Waals surface area contributed by atoms with Crippen molar-refractivity contribution in [3.63, 3.8) is 0 Å². The Labute approximate surface area is 174 Å². The van der Waals surface area contributed by atoms with Gasteiger partial charge in [0.05, 0.1) is 32.5 Å². The quantitative estimate of drug-likeness (QED) is 0.712. The van der Waals surface area contributed by atoms with E-state index in [2.05, 4.69) is 0 Å². The van der Waals surface area contributed by atoms with Crippen LogP contribution >= 0.6 is 0 Å². The van der Waals surface area contributed by atoms with E-state index in [1.165, 1.54) is 4.90 Å². The summed E-state index contributed by atoms with van der Waals surface area (Å²) in [6.45, 7) is 3.86. The van der Waals surface area contributed by atoms with Crippen LogP contribution in [0.2, 0.25) is 0 Å². The van der Waals surface area contributed by atoms with Gasteiger partial charge in [0.1, 0.15) is 19.8 Å². The van der Waals surface area contributed by atoms with E-state index in [1.807, 2.05) is 26.1 Å². The van der Waals surface area contributed by atoms with E-state index in [-0.39, 0.29) is 0 Å². The van der Waals surface area contributed by atoms with Crippen molar-refractivity contribution in [3.8, 4) is 23.0 Å². The predicted octanol–water partition coefficient (Wildman–Crippen LogP) is 0.985. The number of quaternary nitrogens is 1. The van der Waals surface area contributed by atoms with Gasteiger partial charge in [0.15, 0.2) is 29.7 Å². The molecule has 0 aliphatic carbocycles. The summed E-state index contributed by atoms with van der Waals surface area (Å²) < 4.78 is 21.9. The first-order valence-corrected chi connectivity index (χ1v) is 9.75. The molecule has 8 heteroatoms. The minimum atomic E-state index is -0.532. The van der Waals surface area contributed by atoms with E-state index in [9.17, 15) is 9.59 Å². The third kappa shape index (κ3) is 3.43. The van der Waals surface area contributed by atoms with Crippen LogP contribution in [0.3, 0.4) is 0 Å². The van der Waals surface area contributed by atoms with Crippen LogP contribution < -0.4 is 28.7 Å². The van der Waals surface area contributed by atoms with Gasteiger partial charge in [-0.1, -0.05) is 0 Å². The fourth-order valence-corrected chi connectivity index (χ4v) is 3.85. The molecule has 1 N–H and O–H groups in total. The van der Waals surface area contributed by atoms with E-state index in [1.54, 1.807) is 26.4 Å². The lowest BCUT2D eigenvalue weighted by Crippen LogP contribution is -3.09. The van der Waals surface area contributed by atoms with E-state index >= 15 is 0 Å². The van der Waals surface area contributed by atoms with Crippen molar-refractivity contribution in [2.45, 2.75) is 13.5 Å². The number of amides is 1. The van der Waals surface area contributed by atoms with Crippen molar-refractivity contribution in [1.29, 1.82) is 0 Å². The van der Waals surface area contributed by atoms with Gasteiger partial charge in [-0.2, -0.15) is 0 Å². The van der Waals surface area contributed by atoms with Crippen molar-refractivity contribution in [2.24, 2.45) is 0 Å². The van der Waals surface area contributed by atoms with Gasteiger partial charge in [-0.25, -0.2) is 0 Å². The number of methoxy groups -OCH3 is 2. The average molecular weight is 413 g/mol. The van der Waals surface area contributed by atoms with Gasteiger partial charge in [0, 0.05) is 11.6 Å². The molecule has 2 heterocycles. The summed E-state index contributed by atoms with van der Waals surface area (Å²) in [7, 11) is 5.19. The highest BCUT2D eigenvalue weighted by Gasteiger charge is 2.39. The Morgan fingerprint density at radius 3 is 2.30 bits per heavy atom. The molecular formula is C22H25N2O6+. The number of nitrogens with one attached hydrogen (secondary N) is 1. The standard InChI is InChI=1S/C22H24N2O6/c1-13-7-17(27-3)18(28-4)8-14(13)11-23(2)12-24-16-10-20-19(29-5-6-30-20)9-15(16)21(25)22(24)26/h7-10H,5-6,11-12H2,1-4H3/p+1. The molecule has 2 aliphatic heterocycles. The molecule has 4 rings (SSSR count). The molecule has 1 unspecified atom stereocenters. The number of fused-ring (bicyclic) bond motifs is 2. The molecule has 1 atom stereocenters. The lowest BCUT2D eigenvalue weighted by Gasteiger charge is -2.24. The molecule has 0 saturated carbocycles. The fourth-order valence-electron chi connectivity index (χ4n) is 3.85. The molecule has 2 aromatic carbocycles. The number of ether oxygens (including phenoxy) is 4. The first-order valence-electron chi connectivity index (χ1n) is 9.75. The highest BCUT2D eigenvalue weighted by molar-refractivity contribution is 6.52. The molecule has 0 spiro atoms. The monoisotopic (exact) mass is 413 g/mol. The highest BCUT2D eigenvalue weighted by atomic mass is 16.6. The van der Waals surface area contributed by atoms with Crippen molar-refractivity contribution < 1.29 is 33.4 Å². The third-order valence-corrected chi connectivity index (χ3v) is 5.40. The van der Waals surface area contributed by atoms with E-state index in [0.717, 1.165) is 16.0 Å². The molecule has 0 aromatic heterocycles. The second-order valence-electron chi connectivity index (χ2n) is 7.50. The Morgan fingerprint density at radius 1 is 1.00 bits per heavy atom. The van der Waals surface area contributed by atoms with Crippen LogP contribution in [-0.2, 0) is 11.3 Å². The van der Waals surface area contributed by atoms with Crippen LogP contribution in [0.15, 0.2) is 24.3 Å². The van der Waals surface area contributed by atoms with Crippen LogP contribution in [0.1, 0.15) is 21.5 Å². The minimum Gasteiger partial charge on any atom is -0.493 e. The number of nitrogens with zero attached hydrogens (tertiary/aromatic N) is 1. The number of hydrogen-bond donors (Lipinski definition) is 1. The SMILES string of the molecule is COc1cc(C)c(C[NH+](C)CN2C(=O)C(=O)c3cc4c(cc32)OCCO4)cc1OC. The van der Waals surface area contributed by atoms with E-state index in [0.29, 0.717) is 60.7 Å². The summed E-state index contributed by atoms with van der Waals surface area (Å²) in [5.41, 5.74) is 3.07. The van der Waals surface area contributed by atoms with Crippen molar-refractivity contribution in [1.82, 2.24) is 0 Å². The van der Waals surface area contributed by atoms with Gasteiger partial charge in [-0.05, 0) is 30.7 Å². The van der Waals surface area contributed by atoms with Gasteiger partial charge in [0.2, 0.25) is 0 Å². The molecule has 8 nitrogen and oxygen atoms in total. The van der Waals surface area contributed by atoms with Gasteiger partial charge in [-0.15, -0.1) is 0 Å². The summed E-state index contributed by atoms with van der Waals surface area (Å²) in [6, 6.07) is 7.22. The van der Waals surface area contributed by atoms with Gasteiger partial charge in [-0.3, -0.25) is 14.5 Å². The summed E-state index contributed by atoms with van der Waals surface area (Å²) in [5, 5.41) is 0. The van der Waals surface area contributed by atoms with Crippen molar-refractivity contribution >= 4 is 17.4 Å². The van der Waals surface area contributed by atoms with Crippen LogP contribution in [0.4, 0.5) is 5.69 Å². The number of anilines is 1. The van der Waals surface area contributed by atoms with Crippen LogP contribution in [0, 0.1) is 6.92 Å². The summed E-state index contributed by atoms with van der Waals surface area (Å²) in [5.74, 6) is 1.35. The molecular weight excluding hydrogens is 388 g/mol. The normalized spacial score (nSPS) is 15.8. The topological polar surface area (TPSA) is 78.7 Å². The molecule has 0 saturated heterocycles. The van der Waals surface area contributed by atoms with Crippen molar-refractivity contribution in [2.75, 3.05) is 46.0 Å². The second kappa shape index (κ2) is 7.87. The zero-order valence-corrected chi connectivity index (χ0v) is 17.5. The lowest BCUT2D eigenvalue weighted by atomic mass is 10.1. The summed E-state index contributed by atoms with van der Waals surface area (Å²) >= 11 is 0.